The van der Waals surface area contributed by atoms with Crippen molar-refractivity contribution in [2.75, 3.05) is 13.1 Å². The Morgan fingerprint density at radius 3 is 2.65 bits per heavy atom. The number of hydrogen-bond acceptors (Lipinski definition) is 4. The third-order valence-electron chi connectivity index (χ3n) is 3.97. The maximum Gasteiger partial charge on any atom is 0.331 e. The zero-order chi connectivity index (χ0) is 14.3. The number of aromatic hydroxyl groups is 1. The zero-order valence-electron chi connectivity index (χ0n) is 11.3. The average Bonchev–Trinajstić information content (AvgIpc) is 2.46. The minimum atomic E-state index is -0.365. The smallest absolute Gasteiger partial charge is 0.331 e. The molecule has 1 fully saturated rings. The van der Waals surface area contributed by atoms with E-state index in [0.29, 0.717) is 10.9 Å². The maximum absolute atomic E-state index is 12.6. The Morgan fingerprint density at radius 2 is 1.95 bits per heavy atom. The van der Waals surface area contributed by atoms with E-state index in [2.05, 4.69) is 5.32 Å². The lowest BCUT2D eigenvalue weighted by Crippen LogP contribution is -2.44. The molecule has 0 amide bonds. The summed E-state index contributed by atoms with van der Waals surface area (Å²) in [5, 5.41) is 13.5. The molecule has 0 atom stereocenters. The van der Waals surface area contributed by atoms with Crippen molar-refractivity contribution < 1.29 is 5.11 Å². The minimum Gasteiger partial charge on any atom is -0.506 e. The number of fused-ring (bicyclic) bond motifs is 1. The molecule has 0 spiro atoms. The molecule has 0 radical (unpaired) electrons. The van der Waals surface area contributed by atoms with Crippen LogP contribution in [-0.4, -0.2) is 27.3 Å². The summed E-state index contributed by atoms with van der Waals surface area (Å²) >= 11 is 0. The molecule has 0 unspecified atom stereocenters. The molecule has 1 aliphatic rings. The van der Waals surface area contributed by atoms with Gasteiger partial charge in [-0.15, -0.1) is 0 Å². The first-order chi connectivity index (χ1) is 9.61. The van der Waals surface area contributed by atoms with Crippen molar-refractivity contribution in [2.45, 2.75) is 18.9 Å². The molecule has 2 aromatic rings. The summed E-state index contributed by atoms with van der Waals surface area (Å²) in [4.78, 5) is 25.0. The third kappa shape index (κ3) is 1.84. The Labute approximate surface area is 115 Å². The molecule has 1 saturated heterocycles. The van der Waals surface area contributed by atoms with Gasteiger partial charge in [-0.2, -0.15) is 0 Å². The highest BCUT2D eigenvalue weighted by molar-refractivity contribution is 5.83. The van der Waals surface area contributed by atoms with Gasteiger partial charge in [0.15, 0.2) is 0 Å². The number of aromatic nitrogens is 2. The van der Waals surface area contributed by atoms with E-state index in [1.807, 2.05) is 0 Å². The zero-order valence-corrected chi connectivity index (χ0v) is 11.3. The van der Waals surface area contributed by atoms with Crippen LogP contribution in [0.5, 0.6) is 5.75 Å². The standard InChI is InChI=1S/C14H17N3O3/c1-16-12-10(3-2-4-11(12)18)13(19)17(14(16)20)9-5-7-15-8-6-9/h2-4,9,15,18H,5-8H2,1H3. The molecule has 1 aliphatic heterocycles. The highest BCUT2D eigenvalue weighted by atomic mass is 16.3. The Kier molecular flexibility index (Phi) is 3.10. The number of phenolic OH excluding ortho intramolecular Hbond substituents is 1. The summed E-state index contributed by atoms with van der Waals surface area (Å²) in [7, 11) is 1.58. The van der Waals surface area contributed by atoms with Gasteiger partial charge in [0.2, 0.25) is 0 Å². The van der Waals surface area contributed by atoms with Crippen molar-refractivity contribution in [3.63, 3.8) is 0 Å². The number of phenols is 1. The summed E-state index contributed by atoms with van der Waals surface area (Å²) in [6, 6.07) is 4.68. The maximum atomic E-state index is 12.6. The molecule has 106 valence electrons. The number of nitrogens with zero attached hydrogens (tertiary/aromatic N) is 2. The second-order valence-electron chi connectivity index (χ2n) is 5.17. The van der Waals surface area contributed by atoms with Crippen molar-refractivity contribution in [3.05, 3.63) is 39.0 Å². The number of hydrogen-bond donors (Lipinski definition) is 2. The number of para-hydroxylation sites is 1. The van der Waals surface area contributed by atoms with E-state index in [0.717, 1.165) is 25.9 Å². The highest BCUT2D eigenvalue weighted by Crippen LogP contribution is 2.21. The molecule has 20 heavy (non-hydrogen) atoms. The Morgan fingerprint density at radius 1 is 1.25 bits per heavy atom. The van der Waals surface area contributed by atoms with E-state index in [4.69, 9.17) is 0 Å². The Balaban J connectivity index is 2.34. The molecular weight excluding hydrogens is 258 g/mol. The molecule has 6 nitrogen and oxygen atoms in total. The topological polar surface area (TPSA) is 76.3 Å². The molecule has 3 rings (SSSR count). The van der Waals surface area contributed by atoms with Gasteiger partial charge in [-0.25, -0.2) is 4.79 Å². The van der Waals surface area contributed by atoms with Crippen LogP contribution < -0.4 is 16.6 Å². The predicted molar refractivity (Wildman–Crippen MR) is 76.3 cm³/mol. The monoisotopic (exact) mass is 275 g/mol. The van der Waals surface area contributed by atoms with Gasteiger partial charge in [0, 0.05) is 13.1 Å². The average molecular weight is 275 g/mol. The van der Waals surface area contributed by atoms with E-state index in [1.54, 1.807) is 19.2 Å². The lowest BCUT2D eigenvalue weighted by molar-refractivity contribution is 0.347. The number of nitrogens with one attached hydrogen (secondary N) is 1. The van der Waals surface area contributed by atoms with Crippen LogP contribution in [0.15, 0.2) is 27.8 Å². The summed E-state index contributed by atoms with van der Waals surface area (Å²) < 4.78 is 2.69. The predicted octanol–water partition coefficient (Wildman–Crippen LogP) is 0.330. The fourth-order valence-corrected chi connectivity index (χ4v) is 2.92. The highest BCUT2D eigenvalue weighted by Gasteiger charge is 2.21. The Hall–Kier alpha value is -2.08. The van der Waals surface area contributed by atoms with Crippen LogP contribution in [0.4, 0.5) is 0 Å². The fourth-order valence-electron chi connectivity index (χ4n) is 2.92. The quantitative estimate of drug-likeness (QED) is 0.786. The van der Waals surface area contributed by atoms with Crippen LogP contribution >= 0.6 is 0 Å². The van der Waals surface area contributed by atoms with Gasteiger partial charge in [0.1, 0.15) is 5.75 Å². The fraction of sp³-hybridized carbons (Fsp3) is 0.429. The van der Waals surface area contributed by atoms with E-state index < -0.39 is 0 Å². The molecule has 1 aromatic carbocycles. The van der Waals surface area contributed by atoms with Gasteiger partial charge in [-0.05, 0) is 38.1 Å². The van der Waals surface area contributed by atoms with Gasteiger partial charge < -0.3 is 10.4 Å². The van der Waals surface area contributed by atoms with Crippen molar-refractivity contribution >= 4 is 10.9 Å². The lowest BCUT2D eigenvalue weighted by atomic mass is 10.1. The molecule has 2 N–H and O–H groups in total. The normalized spacial score (nSPS) is 16.6. The van der Waals surface area contributed by atoms with Gasteiger partial charge in [-0.3, -0.25) is 13.9 Å². The number of benzene rings is 1. The molecule has 1 aromatic heterocycles. The third-order valence-corrected chi connectivity index (χ3v) is 3.97. The molecule has 0 bridgehead atoms. The van der Waals surface area contributed by atoms with Crippen LogP contribution in [-0.2, 0) is 7.05 Å². The van der Waals surface area contributed by atoms with E-state index in [1.165, 1.54) is 15.2 Å². The van der Waals surface area contributed by atoms with Gasteiger partial charge in [-0.1, -0.05) is 6.07 Å². The molecule has 0 saturated carbocycles. The van der Waals surface area contributed by atoms with Gasteiger partial charge >= 0.3 is 5.69 Å². The second-order valence-corrected chi connectivity index (χ2v) is 5.17. The van der Waals surface area contributed by atoms with Crippen molar-refractivity contribution in [2.24, 2.45) is 7.05 Å². The van der Waals surface area contributed by atoms with Crippen LogP contribution in [0, 0.1) is 0 Å². The van der Waals surface area contributed by atoms with Crippen LogP contribution in [0.1, 0.15) is 18.9 Å². The Bertz CT molecular complexity index is 770. The van der Waals surface area contributed by atoms with Crippen molar-refractivity contribution in [1.82, 2.24) is 14.5 Å². The van der Waals surface area contributed by atoms with Gasteiger partial charge in [0.25, 0.3) is 5.56 Å². The van der Waals surface area contributed by atoms with Crippen molar-refractivity contribution in [1.29, 1.82) is 0 Å². The second kappa shape index (κ2) is 4.79. The first-order valence-electron chi connectivity index (χ1n) is 6.75. The first-order valence-corrected chi connectivity index (χ1v) is 6.75. The van der Waals surface area contributed by atoms with Gasteiger partial charge in [0.05, 0.1) is 10.9 Å². The van der Waals surface area contributed by atoms with Crippen molar-refractivity contribution in [3.8, 4) is 5.75 Å². The molecule has 2 heterocycles. The summed E-state index contributed by atoms with van der Waals surface area (Å²) in [5.74, 6) is -0.0448. The minimum absolute atomic E-state index is 0.0448. The SMILES string of the molecule is Cn1c(=O)n(C2CCNCC2)c(=O)c2cccc(O)c21. The molecule has 0 aliphatic carbocycles. The van der Waals surface area contributed by atoms with Crippen LogP contribution in [0.25, 0.3) is 10.9 Å². The number of rotatable bonds is 1. The summed E-state index contributed by atoms with van der Waals surface area (Å²) in [5.41, 5.74) is -0.380. The summed E-state index contributed by atoms with van der Waals surface area (Å²) in [6.45, 7) is 1.61. The first kappa shape index (κ1) is 12.9. The van der Waals surface area contributed by atoms with Crippen LogP contribution in [0.2, 0.25) is 0 Å². The number of aryl methyl sites for hydroxylation is 1. The molecule has 6 heteroatoms. The van der Waals surface area contributed by atoms with E-state index in [-0.39, 0.29) is 23.0 Å². The summed E-state index contributed by atoms with van der Waals surface area (Å²) in [6.07, 6.45) is 1.53. The van der Waals surface area contributed by atoms with E-state index >= 15 is 0 Å². The largest absolute Gasteiger partial charge is 0.506 e. The lowest BCUT2D eigenvalue weighted by Gasteiger charge is -2.25. The molecular formula is C14H17N3O3. The van der Waals surface area contributed by atoms with Crippen LogP contribution in [0.3, 0.4) is 0 Å². The number of piperidine rings is 1. The van der Waals surface area contributed by atoms with E-state index in [9.17, 15) is 14.7 Å².